The van der Waals surface area contributed by atoms with E-state index < -0.39 is 11.5 Å². The molecule has 0 fully saturated rings. The Labute approximate surface area is 144 Å². The first-order valence-electron chi connectivity index (χ1n) is 7.46. The van der Waals surface area contributed by atoms with Crippen LogP contribution < -0.4 is 0 Å². The number of halogens is 2. The highest BCUT2D eigenvalue weighted by molar-refractivity contribution is 6.42. The molecule has 0 radical (unpaired) electrons. The third-order valence-electron chi connectivity index (χ3n) is 4.45. The Morgan fingerprint density at radius 2 is 1.87 bits per heavy atom. The second kappa shape index (κ2) is 5.77. The van der Waals surface area contributed by atoms with E-state index in [9.17, 15) is 9.59 Å². The van der Waals surface area contributed by atoms with Crippen LogP contribution in [0.1, 0.15) is 32.3 Å². The maximum absolute atomic E-state index is 12.8. The van der Waals surface area contributed by atoms with Crippen molar-refractivity contribution >= 4 is 40.5 Å². The van der Waals surface area contributed by atoms with Crippen molar-refractivity contribution in [1.82, 2.24) is 0 Å². The first-order chi connectivity index (χ1) is 11.0. The number of allylic oxidation sites excluding steroid dienone is 1. The van der Waals surface area contributed by atoms with Crippen LogP contribution in [0.15, 0.2) is 35.0 Å². The highest BCUT2D eigenvalue weighted by Crippen LogP contribution is 2.44. The lowest BCUT2D eigenvalue weighted by Gasteiger charge is -2.33. The zero-order valence-electron chi connectivity index (χ0n) is 12.7. The van der Waals surface area contributed by atoms with Crippen LogP contribution >= 0.6 is 23.2 Å². The molecule has 2 aliphatic rings. The summed E-state index contributed by atoms with van der Waals surface area (Å²) in [6.07, 6.45) is 2.22. The number of oxime groups is 1. The number of fused-ring (bicyclic) bond motifs is 1. The van der Waals surface area contributed by atoms with Gasteiger partial charge in [0.2, 0.25) is 11.4 Å². The van der Waals surface area contributed by atoms with E-state index in [1.165, 1.54) is 6.08 Å². The van der Waals surface area contributed by atoms with Crippen molar-refractivity contribution in [1.29, 1.82) is 0 Å². The van der Waals surface area contributed by atoms with Crippen molar-refractivity contribution in [2.45, 2.75) is 32.3 Å². The van der Waals surface area contributed by atoms with Crippen LogP contribution in [0.4, 0.5) is 0 Å². The lowest BCUT2D eigenvalue weighted by atomic mass is 9.69. The maximum atomic E-state index is 12.8. The lowest BCUT2D eigenvalue weighted by molar-refractivity contribution is -0.148. The Kier molecular flexibility index (Phi) is 4.07. The van der Waals surface area contributed by atoms with Crippen molar-refractivity contribution in [3.8, 4) is 0 Å². The molecule has 0 bridgehead atoms. The molecule has 1 aliphatic heterocycles. The monoisotopic (exact) mass is 351 g/mol. The number of carbonyl (C=O) groups is 2. The predicted molar refractivity (Wildman–Crippen MR) is 89.0 cm³/mol. The third-order valence-corrected chi connectivity index (χ3v) is 5.08. The molecule has 0 spiro atoms. The Bertz CT molecular complexity index is 749. The van der Waals surface area contributed by atoms with E-state index in [-0.39, 0.29) is 11.6 Å². The van der Waals surface area contributed by atoms with Gasteiger partial charge in [-0.3, -0.25) is 9.59 Å². The highest BCUT2D eigenvalue weighted by Gasteiger charge is 2.59. The van der Waals surface area contributed by atoms with E-state index in [0.29, 0.717) is 39.7 Å². The Morgan fingerprint density at radius 1 is 1.22 bits per heavy atom. The minimum atomic E-state index is -1.28. The second-order valence-electron chi connectivity index (χ2n) is 5.60. The topological polar surface area (TPSA) is 55.7 Å². The first kappa shape index (κ1) is 16.2. The van der Waals surface area contributed by atoms with Crippen molar-refractivity contribution in [2.24, 2.45) is 11.1 Å². The zero-order valence-corrected chi connectivity index (χ0v) is 14.2. The average Bonchev–Trinajstić information content (AvgIpc) is 2.92. The summed E-state index contributed by atoms with van der Waals surface area (Å²) in [5, 5.41) is 4.80. The molecule has 3 rings (SSSR count). The summed E-state index contributed by atoms with van der Waals surface area (Å²) in [6, 6.07) is 5.04. The predicted octanol–water partition coefficient (Wildman–Crippen LogP) is 3.98. The fraction of sp³-hybridized carbons (Fsp3) is 0.353. The van der Waals surface area contributed by atoms with Crippen LogP contribution in [0.2, 0.25) is 10.0 Å². The van der Waals surface area contributed by atoms with E-state index in [1.807, 2.05) is 13.8 Å². The van der Waals surface area contributed by atoms with E-state index in [4.69, 9.17) is 28.0 Å². The zero-order chi connectivity index (χ0) is 16.8. The molecule has 0 N–H and O–H groups in total. The van der Waals surface area contributed by atoms with Gasteiger partial charge in [0, 0.05) is 11.1 Å². The van der Waals surface area contributed by atoms with Crippen molar-refractivity contribution in [3.05, 3.63) is 45.5 Å². The number of Topliss-reactive ketones (excluding diaryl/α,β-unsaturated/α-hetero) is 1. The first-order valence-corrected chi connectivity index (χ1v) is 8.21. The molecule has 1 aliphatic carbocycles. The molecule has 0 saturated heterocycles. The van der Waals surface area contributed by atoms with Gasteiger partial charge < -0.3 is 4.84 Å². The van der Waals surface area contributed by atoms with Gasteiger partial charge in [-0.15, -0.1) is 0 Å². The van der Waals surface area contributed by atoms with Gasteiger partial charge in [-0.2, -0.15) is 0 Å². The fourth-order valence-electron chi connectivity index (χ4n) is 3.21. The number of ketones is 2. The van der Waals surface area contributed by atoms with E-state index in [0.717, 1.165) is 0 Å². The lowest BCUT2D eigenvalue weighted by Crippen LogP contribution is -2.52. The molecule has 23 heavy (non-hydrogen) atoms. The molecule has 2 unspecified atom stereocenters. The minimum Gasteiger partial charge on any atom is -0.379 e. The molecular formula is C17H15Cl2NO3. The number of rotatable bonds is 3. The smallest absolute Gasteiger partial charge is 0.214 e. The van der Waals surface area contributed by atoms with Crippen molar-refractivity contribution < 1.29 is 14.4 Å². The number of nitrogens with zero attached hydrogens (tertiary/aromatic N) is 1. The molecule has 0 aromatic heterocycles. The van der Waals surface area contributed by atoms with Gasteiger partial charge in [0.15, 0.2) is 5.78 Å². The van der Waals surface area contributed by atoms with Crippen LogP contribution in [0.5, 0.6) is 0 Å². The summed E-state index contributed by atoms with van der Waals surface area (Å²) in [5.74, 6) is -1.20. The molecular weight excluding hydrogens is 337 g/mol. The van der Waals surface area contributed by atoms with Gasteiger partial charge in [0.25, 0.3) is 0 Å². The number of benzene rings is 1. The molecule has 0 saturated carbocycles. The van der Waals surface area contributed by atoms with Crippen LogP contribution in [-0.2, 0) is 14.4 Å². The normalized spacial score (nSPS) is 26.5. The van der Waals surface area contributed by atoms with Crippen LogP contribution in [0.25, 0.3) is 0 Å². The number of hydrogen-bond donors (Lipinski definition) is 0. The molecule has 0 amide bonds. The molecule has 120 valence electrons. The third kappa shape index (κ3) is 2.24. The van der Waals surface area contributed by atoms with Gasteiger partial charge in [-0.25, -0.2) is 0 Å². The van der Waals surface area contributed by atoms with Gasteiger partial charge >= 0.3 is 0 Å². The summed E-state index contributed by atoms with van der Waals surface area (Å²) in [4.78, 5) is 31.0. The fourth-order valence-corrected chi connectivity index (χ4v) is 3.80. The number of carbonyl (C=O) groups excluding carboxylic acids is 2. The summed E-state index contributed by atoms with van der Waals surface area (Å²) >= 11 is 12.5. The van der Waals surface area contributed by atoms with Gasteiger partial charge in [0.1, 0.15) is 11.6 Å². The van der Waals surface area contributed by atoms with Gasteiger partial charge in [-0.1, -0.05) is 48.3 Å². The van der Waals surface area contributed by atoms with E-state index >= 15 is 0 Å². The van der Waals surface area contributed by atoms with Crippen molar-refractivity contribution in [2.75, 3.05) is 0 Å². The van der Waals surface area contributed by atoms with E-state index in [1.54, 1.807) is 18.2 Å². The molecule has 1 aromatic rings. The van der Waals surface area contributed by atoms with Gasteiger partial charge in [-0.05, 0) is 31.1 Å². The average molecular weight is 352 g/mol. The SMILES string of the molecule is CCC1=CC(=O)C2C(c3c(Cl)cccc3Cl)=NOC2(CC)C1=O. The van der Waals surface area contributed by atoms with Gasteiger partial charge in [0.05, 0.1) is 10.0 Å². The number of hydrogen-bond acceptors (Lipinski definition) is 4. The van der Waals surface area contributed by atoms with Crippen LogP contribution in [0, 0.1) is 5.92 Å². The summed E-state index contributed by atoms with van der Waals surface area (Å²) in [6.45, 7) is 3.64. The molecule has 2 atom stereocenters. The molecule has 1 aromatic carbocycles. The Balaban J connectivity index is 2.17. The maximum Gasteiger partial charge on any atom is 0.214 e. The standard InChI is InChI=1S/C17H15Cl2NO3/c1-3-9-8-12(21)14-15(13-10(18)6-5-7-11(13)19)20-23-17(14,4-2)16(9)22/h5-8,14H,3-4H2,1-2H3. The highest BCUT2D eigenvalue weighted by atomic mass is 35.5. The van der Waals surface area contributed by atoms with Crippen LogP contribution in [0.3, 0.4) is 0 Å². The second-order valence-corrected chi connectivity index (χ2v) is 6.41. The Morgan fingerprint density at radius 3 is 2.43 bits per heavy atom. The molecule has 4 nitrogen and oxygen atoms in total. The van der Waals surface area contributed by atoms with E-state index in [2.05, 4.69) is 5.16 Å². The molecule has 1 heterocycles. The van der Waals surface area contributed by atoms with Crippen LogP contribution in [-0.4, -0.2) is 22.9 Å². The Hall–Kier alpha value is -1.65. The molecule has 6 heteroatoms. The summed E-state index contributed by atoms with van der Waals surface area (Å²) < 4.78 is 0. The summed E-state index contributed by atoms with van der Waals surface area (Å²) in [5.41, 5.74) is -0.0395. The largest absolute Gasteiger partial charge is 0.379 e. The minimum absolute atomic E-state index is 0.186. The van der Waals surface area contributed by atoms with Crippen molar-refractivity contribution in [3.63, 3.8) is 0 Å². The summed E-state index contributed by atoms with van der Waals surface area (Å²) in [7, 11) is 0. The quantitative estimate of drug-likeness (QED) is 0.827.